The molecule has 0 aliphatic heterocycles. The Morgan fingerprint density at radius 3 is 2.35 bits per heavy atom. The molecule has 1 aliphatic carbocycles. The number of hydrogen-bond acceptors (Lipinski definition) is 2. The quantitative estimate of drug-likeness (QED) is 0.696. The molecule has 1 fully saturated rings. The molecule has 0 radical (unpaired) electrons. The van der Waals surface area contributed by atoms with Crippen molar-refractivity contribution in [1.29, 1.82) is 0 Å². The Morgan fingerprint density at radius 1 is 1.12 bits per heavy atom. The number of carbonyl (C=O) groups excluding carboxylic acids is 1. The molecule has 0 atom stereocenters. The van der Waals surface area contributed by atoms with Crippen LogP contribution < -0.4 is 0 Å². The lowest BCUT2D eigenvalue weighted by molar-refractivity contribution is -0.131. The first-order valence-corrected chi connectivity index (χ1v) is 7.13. The summed E-state index contributed by atoms with van der Waals surface area (Å²) in [7, 11) is 0. The highest BCUT2D eigenvalue weighted by molar-refractivity contribution is 5.73. The lowest BCUT2D eigenvalue weighted by atomic mass is 9.94. The van der Waals surface area contributed by atoms with Crippen molar-refractivity contribution in [3.8, 4) is 0 Å². The Kier molecular flexibility index (Phi) is 7.25. The Labute approximate surface area is 105 Å². The van der Waals surface area contributed by atoms with Crippen LogP contribution in [0.1, 0.15) is 64.7 Å². The summed E-state index contributed by atoms with van der Waals surface area (Å²) in [6, 6.07) is 0.499. The topological polar surface area (TPSA) is 40.5 Å². The van der Waals surface area contributed by atoms with Crippen molar-refractivity contribution in [2.75, 3.05) is 13.2 Å². The highest BCUT2D eigenvalue weighted by Gasteiger charge is 2.22. The third kappa shape index (κ3) is 5.53. The van der Waals surface area contributed by atoms with Crippen molar-refractivity contribution in [3.63, 3.8) is 0 Å². The highest BCUT2D eigenvalue weighted by Crippen LogP contribution is 2.23. The molecule has 3 heteroatoms. The van der Waals surface area contributed by atoms with Crippen molar-refractivity contribution < 1.29 is 9.90 Å². The molecule has 0 saturated heterocycles. The van der Waals surface area contributed by atoms with Crippen LogP contribution in [0.15, 0.2) is 0 Å². The van der Waals surface area contributed by atoms with Crippen LogP contribution in [0.5, 0.6) is 0 Å². The van der Waals surface area contributed by atoms with Crippen LogP contribution in [0.3, 0.4) is 0 Å². The first-order chi connectivity index (χ1) is 8.25. The summed E-state index contributed by atoms with van der Waals surface area (Å²) in [5.41, 5.74) is 0. The molecule has 1 N–H and O–H groups in total. The second kappa shape index (κ2) is 8.51. The zero-order valence-corrected chi connectivity index (χ0v) is 11.2. The fourth-order valence-corrected chi connectivity index (χ4v) is 2.74. The molecule has 1 saturated carbocycles. The van der Waals surface area contributed by atoms with E-state index in [1.54, 1.807) is 6.92 Å². The fourth-order valence-electron chi connectivity index (χ4n) is 2.74. The summed E-state index contributed by atoms with van der Waals surface area (Å²) < 4.78 is 0. The number of aliphatic hydroxyl groups excluding tert-OH is 1. The molecular formula is C14H27NO2. The normalized spacial score (nSPS) is 17.1. The van der Waals surface area contributed by atoms with Gasteiger partial charge >= 0.3 is 0 Å². The van der Waals surface area contributed by atoms with Gasteiger partial charge in [-0.2, -0.15) is 0 Å². The first kappa shape index (κ1) is 14.5. The monoisotopic (exact) mass is 241 g/mol. The number of aliphatic hydroxyl groups is 1. The van der Waals surface area contributed by atoms with Crippen LogP contribution in [0.25, 0.3) is 0 Å². The number of rotatable bonds is 7. The van der Waals surface area contributed by atoms with Gasteiger partial charge in [0.15, 0.2) is 0 Å². The third-order valence-electron chi connectivity index (χ3n) is 3.73. The largest absolute Gasteiger partial charge is 0.396 e. The number of amides is 1. The second-order valence-corrected chi connectivity index (χ2v) is 5.14. The zero-order chi connectivity index (χ0) is 12.5. The van der Waals surface area contributed by atoms with E-state index < -0.39 is 0 Å². The number of nitrogens with zero attached hydrogens (tertiary/aromatic N) is 1. The van der Waals surface area contributed by atoms with Crippen molar-refractivity contribution in [2.45, 2.75) is 70.8 Å². The van der Waals surface area contributed by atoms with E-state index in [9.17, 15) is 4.79 Å². The molecular weight excluding hydrogens is 214 g/mol. The highest BCUT2D eigenvalue weighted by atomic mass is 16.2. The third-order valence-corrected chi connectivity index (χ3v) is 3.73. The van der Waals surface area contributed by atoms with Crippen LogP contribution in [0.2, 0.25) is 0 Å². The van der Waals surface area contributed by atoms with Crippen LogP contribution in [-0.4, -0.2) is 35.1 Å². The second-order valence-electron chi connectivity index (χ2n) is 5.14. The SMILES string of the molecule is CC(=O)N(CCCCCCO)C1CCCCC1. The van der Waals surface area contributed by atoms with Gasteiger partial charge < -0.3 is 10.0 Å². The van der Waals surface area contributed by atoms with E-state index in [1.165, 1.54) is 32.1 Å². The van der Waals surface area contributed by atoms with Crippen molar-refractivity contribution in [1.82, 2.24) is 4.90 Å². The maximum atomic E-state index is 11.6. The molecule has 0 aromatic heterocycles. The van der Waals surface area contributed by atoms with Gasteiger partial charge in [0.2, 0.25) is 5.91 Å². The molecule has 100 valence electrons. The van der Waals surface area contributed by atoms with Gasteiger partial charge in [-0.1, -0.05) is 32.1 Å². The summed E-state index contributed by atoms with van der Waals surface area (Å²) in [5.74, 6) is 0.235. The first-order valence-electron chi connectivity index (χ1n) is 7.13. The summed E-state index contributed by atoms with van der Waals surface area (Å²) in [6.45, 7) is 2.90. The van der Waals surface area contributed by atoms with Gasteiger partial charge in [-0.15, -0.1) is 0 Å². The van der Waals surface area contributed by atoms with Gasteiger partial charge in [0.25, 0.3) is 0 Å². The molecule has 1 amide bonds. The van der Waals surface area contributed by atoms with E-state index in [2.05, 4.69) is 4.90 Å². The maximum absolute atomic E-state index is 11.6. The smallest absolute Gasteiger partial charge is 0.219 e. The van der Waals surface area contributed by atoms with Gasteiger partial charge in [0, 0.05) is 26.1 Å². The summed E-state index contributed by atoms with van der Waals surface area (Å²) in [5, 5.41) is 8.70. The average Bonchev–Trinajstić information content (AvgIpc) is 2.34. The zero-order valence-electron chi connectivity index (χ0n) is 11.2. The molecule has 1 rings (SSSR count). The number of hydrogen-bond donors (Lipinski definition) is 1. The lowest BCUT2D eigenvalue weighted by Crippen LogP contribution is -2.40. The minimum atomic E-state index is 0.235. The van der Waals surface area contributed by atoms with Gasteiger partial charge in [0.05, 0.1) is 0 Å². The Morgan fingerprint density at radius 2 is 1.76 bits per heavy atom. The molecule has 0 spiro atoms. The number of unbranched alkanes of at least 4 members (excludes halogenated alkanes) is 3. The van der Waals surface area contributed by atoms with E-state index in [-0.39, 0.29) is 5.91 Å². The molecule has 17 heavy (non-hydrogen) atoms. The van der Waals surface area contributed by atoms with Crippen LogP contribution in [-0.2, 0) is 4.79 Å². The van der Waals surface area contributed by atoms with E-state index in [0.717, 1.165) is 32.2 Å². The minimum absolute atomic E-state index is 0.235. The van der Waals surface area contributed by atoms with E-state index in [0.29, 0.717) is 12.6 Å². The van der Waals surface area contributed by atoms with Crippen molar-refractivity contribution in [3.05, 3.63) is 0 Å². The molecule has 0 aromatic carbocycles. The van der Waals surface area contributed by atoms with Gasteiger partial charge in [-0.3, -0.25) is 4.79 Å². The lowest BCUT2D eigenvalue weighted by Gasteiger charge is -2.33. The Hall–Kier alpha value is -0.570. The van der Waals surface area contributed by atoms with Crippen LogP contribution in [0, 0.1) is 0 Å². The minimum Gasteiger partial charge on any atom is -0.396 e. The molecule has 1 aliphatic rings. The fraction of sp³-hybridized carbons (Fsp3) is 0.929. The van der Waals surface area contributed by atoms with Gasteiger partial charge in [0.1, 0.15) is 0 Å². The van der Waals surface area contributed by atoms with Crippen LogP contribution in [0.4, 0.5) is 0 Å². The van der Waals surface area contributed by atoms with E-state index >= 15 is 0 Å². The molecule has 0 heterocycles. The summed E-state index contributed by atoms with van der Waals surface area (Å²) >= 11 is 0. The van der Waals surface area contributed by atoms with Crippen LogP contribution >= 0.6 is 0 Å². The molecule has 0 aromatic rings. The predicted molar refractivity (Wildman–Crippen MR) is 69.8 cm³/mol. The van der Waals surface area contributed by atoms with E-state index in [4.69, 9.17) is 5.11 Å². The van der Waals surface area contributed by atoms with Gasteiger partial charge in [-0.05, 0) is 25.7 Å². The molecule has 3 nitrogen and oxygen atoms in total. The Balaban J connectivity index is 2.25. The molecule has 0 unspecified atom stereocenters. The Bertz CT molecular complexity index is 212. The van der Waals surface area contributed by atoms with Gasteiger partial charge in [-0.25, -0.2) is 0 Å². The van der Waals surface area contributed by atoms with E-state index in [1.807, 2.05) is 0 Å². The molecule has 0 bridgehead atoms. The summed E-state index contributed by atoms with van der Waals surface area (Å²) in [6.07, 6.45) is 10.4. The number of carbonyl (C=O) groups is 1. The maximum Gasteiger partial charge on any atom is 0.219 e. The standard InChI is InChI=1S/C14H27NO2/c1-13(17)15(11-7-2-3-8-12-16)14-9-5-4-6-10-14/h14,16H,2-12H2,1H3. The average molecular weight is 241 g/mol. The predicted octanol–water partition coefficient (Wildman–Crippen LogP) is 2.72. The van der Waals surface area contributed by atoms with Crippen molar-refractivity contribution in [2.24, 2.45) is 0 Å². The summed E-state index contributed by atoms with van der Waals surface area (Å²) in [4.78, 5) is 13.7. The van der Waals surface area contributed by atoms with Crippen molar-refractivity contribution >= 4 is 5.91 Å².